The van der Waals surface area contributed by atoms with Gasteiger partial charge in [0, 0.05) is 5.39 Å². The zero-order valence-corrected chi connectivity index (χ0v) is 11.8. The smallest absolute Gasteiger partial charge is 0.263 e. The highest BCUT2D eigenvalue weighted by Gasteiger charge is 2.22. The summed E-state index contributed by atoms with van der Waals surface area (Å²) in [5.41, 5.74) is 2.89. The predicted octanol–water partition coefficient (Wildman–Crippen LogP) is 3.03. The van der Waals surface area contributed by atoms with Gasteiger partial charge in [-0.2, -0.15) is 0 Å². The van der Waals surface area contributed by atoms with E-state index in [-0.39, 0.29) is 5.91 Å². The summed E-state index contributed by atoms with van der Waals surface area (Å²) < 4.78 is 0.493. The fourth-order valence-corrected chi connectivity index (χ4v) is 2.93. The van der Waals surface area contributed by atoms with E-state index >= 15 is 0 Å². The van der Waals surface area contributed by atoms with E-state index in [4.69, 9.17) is 12.2 Å². The first-order valence-corrected chi connectivity index (χ1v) is 6.96. The number of carbonyl (C=O) groups excluding carboxylic acids is 1. The van der Waals surface area contributed by atoms with E-state index in [1.807, 2.05) is 24.3 Å². The number of fused-ring (bicyclic) bond motifs is 1. The molecule has 0 aliphatic carbocycles. The number of thiocarbonyl (C=S) groups is 1. The van der Waals surface area contributed by atoms with E-state index in [0.29, 0.717) is 9.23 Å². The lowest BCUT2D eigenvalue weighted by molar-refractivity contribution is -0.115. The Morgan fingerprint density at radius 3 is 2.89 bits per heavy atom. The first kappa shape index (κ1) is 12.3. The number of hydrogen-bond donors (Lipinski definition) is 1. The van der Waals surface area contributed by atoms with Gasteiger partial charge in [-0.05, 0) is 31.2 Å². The molecule has 0 saturated carbocycles. The second-order valence-corrected chi connectivity index (χ2v) is 6.00. The van der Waals surface area contributed by atoms with Crippen LogP contribution in [0.2, 0.25) is 0 Å². The lowest BCUT2D eigenvalue weighted by Crippen LogP contribution is -2.17. The number of nitrogens with zero attached hydrogens (tertiary/aromatic N) is 1. The molecule has 1 N–H and O–H groups in total. The normalized spacial score (nSPS) is 17.2. The van der Waals surface area contributed by atoms with Gasteiger partial charge in [0.2, 0.25) is 0 Å². The van der Waals surface area contributed by atoms with Gasteiger partial charge in [-0.25, -0.2) is 4.98 Å². The van der Waals surface area contributed by atoms with Crippen LogP contribution in [0.3, 0.4) is 0 Å². The van der Waals surface area contributed by atoms with Gasteiger partial charge in [0.05, 0.1) is 16.1 Å². The maximum absolute atomic E-state index is 11.6. The van der Waals surface area contributed by atoms with Crippen molar-refractivity contribution in [3.63, 3.8) is 0 Å². The number of pyridine rings is 1. The number of amides is 1. The molecule has 0 unspecified atom stereocenters. The van der Waals surface area contributed by atoms with Crippen molar-refractivity contribution in [2.24, 2.45) is 0 Å². The average Bonchev–Trinajstić information content (AvgIpc) is 2.68. The summed E-state index contributed by atoms with van der Waals surface area (Å²) in [4.78, 5) is 16.7. The van der Waals surface area contributed by atoms with Crippen LogP contribution < -0.4 is 5.32 Å². The summed E-state index contributed by atoms with van der Waals surface area (Å²) in [5, 5.41) is 3.69. The van der Waals surface area contributed by atoms with Gasteiger partial charge in [0.25, 0.3) is 5.91 Å². The Kier molecular flexibility index (Phi) is 3.08. The van der Waals surface area contributed by atoms with Crippen molar-refractivity contribution in [2.75, 3.05) is 0 Å². The van der Waals surface area contributed by atoms with E-state index in [2.05, 4.69) is 23.3 Å². The molecule has 1 aromatic carbocycles. The number of aryl methyl sites for hydroxylation is 1. The highest BCUT2D eigenvalue weighted by atomic mass is 32.2. The maximum Gasteiger partial charge on any atom is 0.263 e. The van der Waals surface area contributed by atoms with Crippen molar-refractivity contribution >= 4 is 51.2 Å². The largest absolute Gasteiger partial charge is 0.307 e. The van der Waals surface area contributed by atoms with Gasteiger partial charge in [-0.15, -0.1) is 0 Å². The molecule has 1 aliphatic rings. The average molecular weight is 286 g/mol. The monoisotopic (exact) mass is 286 g/mol. The Morgan fingerprint density at radius 1 is 1.32 bits per heavy atom. The first-order chi connectivity index (χ1) is 9.11. The third-order valence-corrected chi connectivity index (χ3v) is 3.95. The Hall–Kier alpha value is -1.72. The molecule has 94 valence electrons. The van der Waals surface area contributed by atoms with E-state index < -0.39 is 0 Å². The number of thioether (sulfide) groups is 1. The van der Waals surface area contributed by atoms with E-state index in [0.717, 1.165) is 16.6 Å². The second-order valence-electron chi connectivity index (χ2n) is 4.28. The summed E-state index contributed by atoms with van der Waals surface area (Å²) in [6.45, 7) is 2.05. The van der Waals surface area contributed by atoms with Crippen LogP contribution in [0.5, 0.6) is 0 Å². The highest BCUT2D eigenvalue weighted by Crippen LogP contribution is 2.26. The SMILES string of the molecule is Cc1ccc2nc(/C=C3\SC(=S)NC3=O)ccc2c1. The molecule has 0 radical (unpaired) electrons. The lowest BCUT2D eigenvalue weighted by atomic mass is 10.1. The first-order valence-electron chi connectivity index (χ1n) is 5.74. The molecule has 1 fully saturated rings. The van der Waals surface area contributed by atoms with Gasteiger partial charge >= 0.3 is 0 Å². The van der Waals surface area contributed by atoms with Crippen molar-refractivity contribution in [1.29, 1.82) is 0 Å². The van der Waals surface area contributed by atoms with Crippen LogP contribution in [0, 0.1) is 6.92 Å². The molecule has 5 heteroatoms. The Bertz CT molecular complexity index is 737. The zero-order chi connectivity index (χ0) is 13.4. The molecule has 1 amide bonds. The Labute approximate surface area is 120 Å². The van der Waals surface area contributed by atoms with Gasteiger partial charge in [-0.1, -0.05) is 41.7 Å². The van der Waals surface area contributed by atoms with Crippen LogP contribution in [0.4, 0.5) is 0 Å². The number of carbonyl (C=O) groups is 1. The van der Waals surface area contributed by atoms with Crippen LogP contribution in [-0.2, 0) is 4.79 Å². The Morgan fingerprint density at radius 2 is 2.16 bits per heavy atom. The van der Waals surface area contributed by atoms with Crippen LogP contribution >= 0.6 is 24.0 Å². The molecule has 0 spiro atoms. The predicted molar refractivity (Wildman–Crippen MR) is 82.8 cm³/mol. The molecule has 0 atom stereocenters. The molecule has 1 saturated heterocycles. The molecule has 2 aromatic rings. The summed E-state index contributed by atoms with van der Waals surface area (Å²) >= 11 is 6.22. The number of rotatable bonds is 1. The maximum atomic E-state index is 11.6. The second kappa shape index (κ2) is 4.75. The molecule has 3 nitrogen and oxygen atoms in total. The van der Waals surface area contributed by atoms with E-state index in [1.165, 1.54) is 17.3 Å². The minimum atomic E-state index is -0.152. The number of benzene rings is 1. The van der Waals surface area contributed by atoms with Crippen molar-refractivity contribution in [1.82, 2.24) is 10.3 Å². The fraction of sp³-hybridized carbons (Fsp3) is 0.0714. The molecule has 1 aromatic heterocycles. The van der Waals surface area contributed by atoms with Crippen molar-refractivity contribution in [2.45, 2.75) is 6.92 Å². The third kappa shape index (κ3) is 2.52. The fourth-order valence-electron chi connectivity index (χ4n) is 1.90. The minimum absolute atomic E-state index is 0.152. The summed E-state index contributed by atoms with van der Waals surface area (Å²) in [7, 11) is 0. The number of nitrogens with one attached hydrogen (secondary N) is 1. The standard InChI is InChI=1S/C14H10N2OS2/c1-8-2-5-11-9(6-8)3-4-10(15-11)7-12-13(17)16-14(18)19-12/h2-7H,1H3,(H,16,17,18)/b12-7-. The molecule has 19 heavy (non-hydrogen) atoms. The van der Waals surface area contributed by atoms with E-state index in [9.17, 15) is 4.79 Å². The molecular formula is C14H10N2OS2. The van der Waals surface area contributed by atoms with Crippen LogP contribution in [0.15, 0.2) is 35.2 Å². The summed E-state index contributed by atoms with van der Waals surface area (Å²) in [6.07, 6.45) is 1.76. The third-order valence-electron chi connectivity index (χ3n) is 2.79. The highest BCUT2D eigenvalue weighted by molar-refractivity contribution is 8.26. The quantitative estimate of drug-likeness (QED) is 0.646. The molecule has 0 bridgehead atoms. The topological polar surface area (TPSA) is 42.0 Å². The molecular weight excluding hydrogens is 276 g/mol. The van der Waals surface area contributed by atoms with Gasteiger partial charge in [-0.3, -0.25) is 4.79 Å². The zero-order valence-electron chi connectivity index (χ0n) is 10.1. The summed E-state index contributed by atoms with van der Waals surface area (Å²) in [5.74, 6) is -0.152. The van der Waals surface area contributed by atoms with E-state index in [1.54, 1.807) is 6.08 Å². The molecule has 1 aliphatic heterocycles. The summed E-state index contributed by atoms with van der Waals surface area (Å²) in [6, 6.07) is 10.0. The van der Waals surface area contributed by atoms with Gasteiger partial charge in [0.15, 0.2) is 0 Å². The van der Waals surface area contributed by atoms with Gasteiger partial charge < -0.3 is 5.32 Å². The van der Waals surface area contributed by atoms with Crippen LogP contribution in [-0.4, -0.2) is 15.2 Å². The van der Waals surface area contributed by atoms with Crippen LogP contribution in [0.1, 0.15) is 11.3 Å². The van der Waals surface area contributed by atoms with Crippen molar-refractivity contribution in [3.8, 4) is 0 Å². The van der Waals surface area contributed by atoms with Crippen molar-refractivity contribution < 1.29 is 4.79 Å². The number of aromatic nitrogens is 1. The molecule has 2 heterocycles. The van der Waals surface area contributed by atoms with Crippen LogP contribution in [0.25, 0.3) is 17.0 Å². The minimum Gasteiger partial charge on any atom is -0.307 e. The Balaban J connectivity index is 2.02. The van der Waals surface area contributed by atoms with Gasteiger partial charge in [0.1, 0.15) is 4.32 Å². The lowest BCUT2D eigenvalue weighted by Gasteiger charge is -2.01. The molecule has 3 rings (SSSR count). The van der Waals surface area contributed by atoms with Crippen molar-refractivity contribution in [3.05, 3.63) is 46.5 Å². The number of hydrogen-bond acceptors (Lipinski definition) is 4.